The van der Waals surface area contributed by atoms with Gasteiger partial charge < -0.3 is 9.72 Å². The highest BCUT2D eigenvalue weighted by atomic mass is 19.1. The van der Waals surface area contributed by atoms with E-state index in [9.17, 15) is 13.6 Å². The van der Waals surface area contributed by atoms with Gasteiger partial charge in [-0.2, -0.15) is 0 Å². The molecule has 0 amide bonds. The minimum Gasteiger partial charge on any atom is -0.468 e. The van der Waals surface area contributed by atoms with Gasteiger partial charge in [-0.25, -0.2) is 8.78 Å². The molecule has 0 radical (unpaired) electrons. The summed E-state index contributed by atoms with van der Waals surface area (Å²) in [4.78, 5) is 14.9. The standard InChI is InChI=1S/C14H13F2NO2/c1-14(13(18)19-2,12-4-3-7-17-12)10-6-5-9(15)8-11(10)16/h3-8,17H,1-2H3. The highest BCUT2D eigenvalue weighted by molar-refractivity contribution is 5.86. The monoisotopic (exact) mass is 265 g/mol. The van der Waals surface area contributed by atoms with Gasteiger partial charge in [-0.15, -0.1) is 0 Å². The quantitative estimate of drug-likeness (QED) is 0.867. The number of methoxy groups -OCH3 is 1. The normalized spacial score (nSPS) is 13.9. The molecule has 1 aromatic heterocycles. The number of rotatable bonds is 3. The third kappa shape index (κ3) is 2.12. The first-order valence-corrected chi connectivity index (χ1v) is 5.68. The Morgan fingerprint density at radius 2 is 2.05 bits per heavy atom. The lowest BCUT2D eigenvalue weighted by atomic mass is 9.79. The molecule has 0 bridgehead atoms. The maximum absolute atomic E-state index is 14.0. The van der Waals surface area contributed by atoms with Crippen molar-refractivity contribution in [2.45, 2.75) is 12.3 Å². The number of benzene rings is 1. The van der Waals surface area contributed by atoms with Gasteiger partial charge in [0.25, 0.3) is 0 Å². The van der Waals surface area contributed by atoms with Crippen molar-refractivity contribution in [1.82, 2.24) is 4.98 Å². The van der Waals surface area contributed by atoms with Gasteiger partial charge in [0, 0.05) is 23.5 Å². The topological polar surface area (TPSA) is 42.1 Å². The largest absolute Gasteiger partial charge is 0.468 e. The summed E-state index contributed by atoms with van der Waals surface area (Å²) >= 11 is 0. The SMILES string of the molecule is COC(=O)C(C)(c1ccc[nH]1)c1ccc(F)cc1F. The molecule has 19 heavy (non-hydrogen) atoms. The van der Waals surface area contributed by atoms with Crippen molar-refractivity contribution in [3.63, 3.8) is 0 Å². The number of esters is 1. The van der Waals surface area contributed by atoms with Crippen LogP contribution in [0.1, 0.15) is 18.2 Å². The van der Waals surface area contributed by atoms with E-state index in [4.69, 9.17) is 4.74 Å². The first kappa shape index (κ1) is 13.3. The fourth-order valence-corrected chi connectivity index (χ4v) is 2.11. The summed E-state index contributed by atoms with van der Waals surface area (Å²) in [6.07, 6.45) is 1.62. The van der Waals surface area contributed by atoms with E-state index in [1.54, 1.807) is 18.3 Å². The summed E-state index contributed by atoms with van der Waals surface area (Å²) in [6.45, 7) is 1.53. The van der Waals surface area contributed by atoms with Crippen molar-refractivity contribution < 1.29 is 18.3 Å². The van der Waals surface area contributed by atoms with Gasteiger partial charge in [-0.3, -0.25) is 4.79 Å². The zero-order chi connectivity index (χ0) is 14.0. The second-order valence-electron chi connectivity index (χ2n) is 4.32. The highest BCUT2D eigenvalue weighted by Crippen LogP contribution is 2.34. The first-order valence-electron chi connectivity index (χ1n) is 5.68. The summed E-state index contributed by atoms with van der Waals surface area (Å²) in [6, 6.07) is 6.46. The fraction of sp³-hybridized carbons (Fsp3) is 0.214. The Hall–Kier alpha value is -2.17. The molecule has 0 saturated carbocycles. The molecule has 0 spiro atoms. The molecule has 0 fully saturated rings. The predicted molar refractivity (Wildman–Crippen MR) is 65.6 cm³/mol. The third-order valence-electron chi connectivity index (χ3n) is 3.20. The minimum atomic E-state index is -1.35. The molecule has 100 valence electrons. The Balaban J connectivity index is 2.65. The van der Waals surface area contributed by atoms with Gasteiger partial charge in [-0.05, 0) is 25.1 Å². The summed E-state index contributed by atoms with van der Waals surface area (Å²) in [5, 5.41) is 0. The maximum Gasteiger partial charge on any atom is 0.322 e. The zero-order valence-electron chi connectivity index (χ0n) is 10.5. The number of ether oxygens (including phenoxy) is 1. The first-order chi connectivity index (χ1) is 9.00. The number of aromatic nitrogens is 1. The van der Waals surface area contributed by atoms with E-state index in [0.29, 0.717) is 5.69 Å². The Morgan fingerprint density at radius 1 is 1.32 bits per heavy atom. The van der Waals surface area contributed by atoms with E-state index < -0.39 is 23.0 Å². The van der Waals surface area contributed by atoms with E-state index in [-0.39, 0.29) is 5.56 Å². The lowest BCUT2D eigenvalue weighted by Gasteiger charge is -2.26. The molecule has 2 aromatic rings. The van der Waals surface area contributed by atoms with Crippen molar-refractivity contribution in [3.05, 3.63) is 59.4 Å². The van der Waals surface area contributed by atoms with Crippen molar-refractivity contribution in [3.8, 4) is 0 Å². The minimum absolute atomic E-state index is 0.0585. The summed E-state index contributed by atoms with van der Waals surface area (Å²) < 4.78 is 31.7. The molecule has 1 unspecified atom stereocenters. The lowest BCUT2D eigenvalue weighted by molar-refractivity contribution is -0.145. The van der Waals surface area contributed by atoms with Crippen LogP contribution >= 0.6 is 0 Å². The second kappa shape index (κ2) is 4.84. The van der Waals surface area contributed by atoms with E-state index in [1.807, 2.05) is 0 Å². The summed E-state index contributed by atoms with van der Waals surface area (Å²) in [7, 11) is 1.23. The number of nitrogens with one attached hydrogen (secondary N) is 1. The van der Waals surface area contributed by atoms with Crippen LogP contribution < -0.4 is 0 Å². The van der Waals surface area contributed by atoms with Crippen molar-refractivity contribution in [2.75, 3.05) is 7.11 Å². The van der Waals surface area contributed by atoms with Crippen LogP contribution in [0.15, 0.2) is 36.5 Å². The molecule has 5 heteroatoms. The molecule has 3 nitrogen and oxygen atoms in total. The van der Waals surface area contributed by atoms with Crippen LogP contribution in [0.2, 0.25) is 0 Å². The van der Waals surface area contributed by atoms with E-state index in [0.717, 1.165) is 12.1 Å². The van der Waals surface area contributed by atoms with Crippen LogP contribution in [0.3, 0.4) is 0 Å². The number of carbonyl (C=O) groups is 1. The Labute approximate surface area is 109 Å². The Kier molecular flexibility index (Phi) is 3.38. The average molecular weight is 265 g/mol. The molecule has 0 aliphatic carbocycles. The van der Waals surface area contributed by atoms with Crippen LogP contribution in [0.25, 0.3) is 0 Å². The van der Waals surface area contributed by atoms with Crippen LogP contribution in [-0.2, 0) is 14.9 Å². The van der Waals surface area contributed by atoms with Crippen LogP contribution in [-0.4, -0.2) is 18.1 Å². The summed E-state index contributed by atoms with van der Waals surface area (Å²) in [5.41, 5.74) is -0.816. The van der Waals surface area contributed by atoms with Gasteiger partial charge in [0.05, 0.1) is 7.11 Å². The van der Waals surface area contributed by atoms with Crippen molar-refractivity contribution in [2.24, 2.45) is 0 Å². The number of aromatic amines is 1. The highest BCUT2D eigenvalue weighted by Gasteiger charge is 2.41. The molecule has 1 aromatic carbocycles. The van der Waals surface area contributed by atoms with Gasteiger partial charge in [0.2, 0.25) is 0 Å². The van der Waals surface area contributed by atoms with E-state index >= 15 is 0 Å². The van der Waals surface area contributed by atoms with Crippen molar-refractivity contribution in [1.29, 1.82) is 0 Å². The van der Waals surface area contributed by atoms with E-state index in [1.165, 1.54) is 20.1 Å². The van der Waals surface area contributed by atoms with Gasteiger partial charge in [0.1, 0.15) is 17.0 Å². The summed E-state index contributed by atoms with van der Waals surface area (Å²) in [5.74, 6) is -2.11. The zero-order valence-corrected chi connectivity index (χ0v) is 10.5. The maximum atomic E-state index is 14.0. The number of H-pyrrole nitrogens is 1. The smallest absolute Gasteiger partial charge is 0.322 e. The number of halogens is 2. The molecule has 2 rings (SSSR count). The van der Waals surface area contributed by atoms with Crippen LogP contribution in [0.4, 0.5) is 8.78 Å². The van der Waals surface area contributed by atoms with Crippen molar-refractivity contribution >= 4 is 5.97 Å². The molecule has 0 aliphatic heterocycles. The number of hydrogen-bond donors (Lipinski definition) is 1. The molecular weight excluding hydrogens is 252 g/mol. The Bertz CT molecular complexity index is 595. The molecule has 0 aliphatic rings. The van der Waals surface area contributed by atoms with Gasteiger partial charge in [-0.1, -0.05) is 6.07 Å². The van der Waals surface area contributed by atoms with Crippen LogP contribution in [0.5, 0.6) is 0 Å². The van der Waals surface area contributed by atoms with Crippen LogP contribution in [0, 0.1) is 11.6 Å². The van der Waals surface area contributed by atoms with E-state index in [2.05, 4.69) is 4.98 Å². The third-order valence-corrected chi connectivity index (χ3v) is 3.20. The number of carbonyl (C=O) groups excluding carboxylic acids is 1. The fourth-order valence-electron chi connectivity index (χ4n) is 2.11. The second-order valence-corrected chi connectivity index (χ2v) is 4.32. The van der Waals surface area contributed by atoms with Gasteiger partial charge >= 0.3 is 5.97 Å². The molecule has 0 saturated heterocycles. The molecule has 1 heterocycles. The average Bonchev–Trinajstić information content (AvgIpc) is 2.91. The molecular formula is C14H13F2NO2. The Morgan fingerprint density at radius 3 is 2.58 bits per heavy atom. The van der Waals surface area contributed by atoms with Gasteiger partial charge in [0.15, 0.2) is 0 Å². The molecule has 1 N–H and O–H groups in total. The number of hydrogen-bond acceptors (Lipinski definition) is 2. The lowest BCUT2D eigenvalue weighted by Crippen LogP contribution is -2.36. The molecule has 1 atom stereocenters. The predicted octanol–water partition coefficient (Wildman–Crippen LogP) is 2.77.